The molecule has 0 spiro atoms. The second kappa shape index (κ2) is 4.17. The van der Waals surface area contributed by atoms with Gasteiger partial charge in [0.25, 0.3) is 0 Å². The van der Waals surface area contributed by atoms with Gasteiger partial charge >= 0.3 is 5.97 Å². The first-order valence-corrected chi connectivity index (χ1v) is 5.46. The van der Waals surface area contributed by atoms with E-state index in [0.29, 0.717) is 11.1 Å². The molecule has 3 nitrogen and oxygen atoms in total. The first kappa shape index (κ1) is 10.4. The van der Waals surface area contributed by atoms with E-state index in [1.165, 1.54) is 11.3 Å². The fourth-order valence-corrected chi connectivity index (χ4v) is 2.27. The van der Waals surface area contributed by atoms with Crippen molar-refractivity contribution in [2.75, 3.05) is 0 Å². The molecule has 0 radical (unpaired) electrons. The smallest absolute Gasteiger partial charge is 0.337 e. The van der Waals surface area contributed by atoms with Crippen LogP contribution in [-0.2, 0) is 0 Å². The third-order valence-corrected chi connectivity index (χ3v) is 2.94. The van der Waals surface area contributed by atoms with Crippen LogP contribution in [0.1, 0.15) is 15.9 Å². The highest BCUT2D eigenvalue weighted by atomic mass is 32.1. The normalized spacial score (nSPS) is 9.69. The summed E-state index contributed by atoms with van der Waals surface area (Å²) >= 11 is 1.34. The van der Waals surface area contributed by atoms with E-state index in [9.17, 15) is 4.79 Å². The molecule has 0 fully saturated rings. The highest BCUT2D eigenvalue weighted by Gasteiger charge is 2.12. The zero-order valence-corrected chi connectivity index (χ0v) is 8.99. The number of hydrogen-bond acceptors (Lipinski definition) is 3. The van der Waals surface area contributed by atoms with Crippen LogP contribution in [0.2, 0.25) is 0 Å². The monoisotopic (exact) mass is 229 g/mol. The van der Waals surface area contributed by atoms with Crippen molar-refractivity contribution in [2.45, 2.75) is 0 Å². The maximum Gasteiger partial charge on any atom is 0.337 e. The van der Waals surface area contributed by atoms with Crippen LogP contribution in [0.5, 0.6) is 0 Å². The number of benzene rings is 1. The zero-order chi connectivity index (χ0) is 11.5. The van der Waals surface area contributed by atoms with Gasteiger partial charge in [-0.15, -0.1) is 0 Å². The Kier molecular flexibility index (Phi) is 2.71. The van der Waals surface area contributed by atoms with Crippen molar-refractivity contribution in [3.8, 4) is 17.2 Å². The Bertz CT molecular complexity index is 581. The number of hydrogen-bond donors (Lipinski definition) is 1. The predicted octanol–water partition coefficient (Wildman–Crippen LogP) is 2.98. The van der Waals surface area contributed by atoms with Gasteiger partial charge in [0.2, 0.25) is 0 Å². The molecule has 0 saturated carbocycles. The van der Waals surface area contributed by atoms with Crippen molar-refractivity contribution < 1.29 is 9.90 Å². The van der Waals surface area contributed by atoms with Gasteiger partial charge in [0, 0.05) is 10.9 Å². The number of aromatic carboxylic acids is 1. The molecule has 0 aliphatic heterocycles. The van der Waals surface area contributed by atoms with E-state index < -0.39 is 5.97 Å². The molecule has 2 rings (SSSR count). The Labute approximate surface area is 96.2 Å². The van der Waals surface area contributed by atoms with Crippen molar-refractivity contribution in [3.05, 3.63) is 46.2 Å². The SMILES string of the molecule is N#Cc1cccc(-c2cscc2C(=O)O)c1. The average molecular weight is 229 g/mol. The van der Waals surface area contributed by atoms with E-state index in [0.717, 1.165) is 5.56 Å². The van der Waals surface area contributed by atoms with Crippen LogP contribution in [0, 0.1) is 11.3 Å². The van der Waals surface area contributed by atoms with Gasteiger partial charge in [-0.05, 0) is 23.1 Å². The van der Waals surface area contributed by atoms with Crippen molar-refractivity contribution in [1.82, 2.24) is 0 Å². The van der Waals surface area contributed by atoms with E-state index in [1.807, 2.05) is 6.07 Å². The Morgan fingerprint density at radius 1 is 1.38 bits per heavy atom. The molecule has 0 amide bonds. The van der Waals surface area contributed by atoms with Crippen LogP contribution in [0.4, 0.5) is 0 Å². The Morgan fingerprint density at radius 3 is 2.88 bits per heavy atom. The Hall–Kier alpha value is -2.12. The quantitative estimate of drug-likeness (QED) is 0.861. The van der Waals surface area contributed by atoms with E-state index >= 15 is 0 Å². The minimum Gasteiger partial charge on any atom is -0.478 e. The second-order valence-electron chi connectivity index (χ2n) is 3.20. The van der Waals surface area contributed by atoms with Gasteiger partial charge in [0.05, 0.1) is 17.2 Å². The van der Waals surface area contributed by atoms with Gasteiger partial charge in [-0.2, -0.15) is 16.6 Å². The Morgan fingerprint density at radius 2 is 2.19 bits per heavy atom. The molecule has 1 aromatic carbocycles. The number of nitrogens with zero attached hydrogens (tertiary/aromatic N) is 1. The lowest BCUT2D eigenvalue weighted by Crippen LogP contribution is -1.95. The maximum atomic E-state index is 11.0. The van der Waals surface area contributed by atoms with Crippen LogP contribution in [-0.4, -0.2) is 11.1 Å². The van der Waals surface area contributed by atoms with Crippen LogP contribution in [0.15, 0.2) is 35.0 Å². The third-order valence-electron chi connectivity index (χ3n) is 2.20. The summed E-state index contributed by atoms with van der Waals surface area (Å²) in [7, 11) is 0. The lowest BCUT2D eigenvalue weighted by molar-refractivity contribution is 0.0698. The highest BCUT2D eigenvalue weighted by Crippen LogP contribution is 2.27. The predicted molar refractivity (Wildman–Crippen MR) is 61.4 cm³/mol. The van der Waals surface area contributed by atoms with E-state index in [1.54, 1.807) is 35.0 Å². The van der Waals surface area contributed by atoms with Gasteiger partial charge < -0.3 is 5.11 Å². The molecule has 1 heterocycles. The number of nitriles is 1. The summed E-state index contributed by atoms with van der Waals surface area (Å²) in [6.45, 7) is 0. The van der Waals surface area contributed by atoms with Crippen LogP contribution >= 0.6 is 11.3 Å². The van der Waals surface area contributed by atoms with E-state index in [-0.39, 0.29) is 5.56 Å². The molecule has 0 saturated heterocycles. The maximum absolute atomic E-state index is 11.0. The number of rotatable bonds is 2. The van der Waals surface area contributed by atoms with Crippen molar-refractivity contribution in [2.24, 2.45) is 0 Å². The average Bonchev–Trinajstić information content (AvgIpc) is 2.78. The first-order chi connectivity index (χ1) is 7.72. The minimum absolute atomic E-state index is 0.278. The Balaban J connectivity index is 2.55. The fraction of sp³-hybridized carbons (Fsp3) is 0. The molecular weight excluding hydrogens is 222 g/mol. The van der Waals surface area contributed by atoms with Crippen LogP contribution in [0.25, 0.3) is 11.1 Å². The van der Waals surface area contributed by atoms with Gasteiger partial charge in [-0.25, -0.2) is 4.79 Å². The summed E-state index contributed by atoms with van der Waals surface area (Å²) in [5, 5.41) is 21.1. The number of carboxylic acids is 1. The molecule has 0 aliphatic rings. The minimum atomic E-state index is -0.946. The molecule has 1 aromatic heterocycles. The second-order valence-corrected chi connectivity index (χ2v) is 3.94. The summed E-state index contributed by atoms with van der Waals surface area (Å²) in [6.07, 6.45) is 0. The van der Waals surface area contributed by atoms with Crippen molar-refractivity contribution in [3.63, 3.8) is 0 Å². The van der Waals surface area contributed by atoms with Crippen LogP contribution in [0.3, 0.4) is 0 Å². The summed E-state index contributed by atoms with van der Waals surface area (Å²) in [5.74, 6) is -0.946. The van der Waals surface area contributed by atoms with Crippen molar-refractivity contribution in [1.29, 1.82) is 5.26 Å². The largest absolute Gasteiger partial charge is 0.478 e. The molecule has 0 unspecified atom stereocenters. The molecule has 16 heavy (non-hydrogen) atoms. The molecule has 0 bridgehead atoms. The molecule has 0 aliphatic carbocycles. The van der Waals surface area contributed by atoms with Gasteiger partial charge in [-0.3, -0.25) is 0 Å². The molecule has 4 heteroatoms. The van der Waals surface area contributed by atoms with Gasteiger partial charge in [0.15, 0.2) is 0 Å². The molecule has 78 valence electrons. The number of carboxylic acid groups (broad SMARTS) is 1. The van der Waals surface area contributed by atoms with E-state index in [4.69, 9.17) is 10.4 Å². The summed E-state index contributed by atoms with van der Waals surface area (Å²) in [6, 6.07) is 8.96. The fourth-order valence-electron chi connectivity index (χ4n) is 1.44. The lowest BCUT2D eigenvalue weighted by atomic mass is 10.0. The summed E-state index contributed by atoms with van der Waals surface area (Å²) < 4.78 is 0. The van der Waals surface area contributed by atoms with Gasteiger partial charge in [-0.1, -0.05) is 12.1 Å². The number of thiophene rings is 1. The van der Waals surface area contributed by atoms with Crippen molar-refractivity contribution >= 4 is 17.3 Å². The topological polar surface area (TPSA) is 61.1 Å². The number of carbonyl (C=O) groups is 1. The molecule has 1 N–H and O–H groups in total. The zero-order valence-electron chi connectivity index (χ0n) is 8.18. The first-order valence-electron chi connectivity index (χ1n) is 4.52. The molecular formula is C12H7NO2S. The van der Waals surface area contributed by atoms with Gasteiger partial charge in [0.1, 0.15) is 0 Å². The van der Waals surface area contributed by atoms with E-state index in [2.05, 4.69) is 0 Å². The molecule has 0 atom stereocenters. The standard InChI is InChI=1S/C12H7NO2S/c13-5-8-2-1-3-9(4-8)10-6-16-7-11(10)12(14)15/h1-4,6-7H,(H,14,15). The third kappa shape index (κ3) is 1.81. The molecule has 2 aromatic rings. The highest BCUT2D eigenvalue weighted by molar-refractivity contribution is 7.08. The summed E-state index contributed by atoms with van der Waals surface area (Å²) in [4.78, 5) is 11.0. The lowest BCUT2D eigenvalue weighted by Gasteiger charge is -2.00. The summed E-state index contributed by atoms with van der Waals surface area (Å²) in [5.41, 5.74) is 2.23. The van der Waals surface area contributed by atoms with Crippen LogP contribution < -0.4 is 0 Å².